The molecule has 0 amide bonds. The van der Waals surface area contributed by atoms with E-state index in [0.717, 1.165) is 11.3 Å². The maximum atomic E-state index is 11.0. The van der Waals surface area contributed by atoms with E-state index in [-0.39, 0.29) is 11.4 Å². The molecular formula is C17H16N2O4. The van der Waals surface area contributed by atoms with Gasteiger partial charge in [0.15, 0.2) is 0 Å². The normalized spacial score (nSPS) is 10.7. The Morgan fingerprint density at radius 2 is 1.39 bits per heavy atom. The monoisotopic (exact) mass is 312 g/mol. The Balaban J connectivity index is 2.31. The van der Waals surface area contributed by atoms with Crippen LogP contribution in [0, 0.1) is 0 Å². The zero-order valence-corrected chi connectivity index (χ0v) is 12.7. The number of carbonyl (C=O) groups is 2. The molecule has 0 unspecified atom stereocenters. The van der Waals surface area contributed by atoms with Gasteiger partial charge in [0, 0.05) is 19.8 Å². The maximum absolute atomic E-state index is 11.0. The van der Waals surface area contributed by atoms with Gasteiger partial charge in [-0.3, -0.25) is 0 Å². The SMILES string of the molecule is CN(C)c1ccc(/C=C/c2cc(C(=O)O)nc(C(=O)O)c2)cc1. The number of nitrogens with zero attached hydrogens (tertiary/aromatic N) is 2. The number of aromatic carboxylic acids is 2. The number of hydrogen-bond acceptors (Lipinski definition) is 4. The molecule has 2 N–H and O–H groups in total. The van der Waals surface area contributed by atoms with Gasteiger partial charge < -0.3 is 15.1 Å². The Hall–Kier alpha value is -3.15. The quantitative estimate of drug-likeness (QED) is 0.882. The third-order valence-electron chi connectivity index (χ3n) is 3.16. The lowest BCUT2D eigenvalue weighted by molar-refractivity contribution is 0.0685. The van der Waals surface area contributed by atoms with Gasteiger partial charge in [0.05, 0.1) is 0 Å². The summed E-state index contributed by atoms with van der Waals surface area (Å²) < 4.78 is 0. The van der Waals surface area contributed by atoms with E-state index in [1.165, 1.54) is 12.1 Å². The van der Waals surface area contributed by atoms with Crippen molar-refractivity contribution < 1.29 is 19.8 Å². The van der Waals surface area contributed by atoms with Crippen molar-refractivity contribution in [3.05, 3.63) is 58.9 Å². The molecule has 6 heteroatoms. The summed E-state index contributed by atoms with van der Waals surface area (Å²) in [6, 6.07) is 10.4. The molecule has 0 aliphatic rings. The van der Waals surface area contributed by atoms with E-state index in [0.29, 0.717) is 5.56 Å². The van der Waals surface area contributed by atoms with Crippen molar-refractivity contribution >= 4 is 29.8 Å². The van der Waals surface area contributed by atoms with Crippen LogP contribution in [0.15, 0.2) is 36.4 Å². The van der Waals surface area contributed by atoms with E-state index < -0.39 is 11.9 Å². The van der Waals surface area contributed by atoms with Crippen molar-refractivity contribution in [1.29, 1.82) is 0 Å². The van der Waals surface area contributed by atoms with E-state index in [1.54, 1.807) is 12.2 Å². The lowest BCUT2D eigenvalue weighted by Crippen LogP contribution is -2.08. The van der Waals surface area contributed by atoms with E-state index in [1.807, 2.05) is 43.3 Å². The molecule has 0 saturated carbocycles. The van der Waals surface area contributed by atoms with Gasteiger partial charge in [0.1, 0.15) is 11.4 Å². The highest BCUT2D eigenvalue weighted by Gasteiger charge is 2.12. The number of benzene rings is 1. The maximum Gasteiger partial charge on any atom is 0.354 e. The third-order valence-corrected chi connectivity index (χ3v) is 3.16. The largest absolute Gasteiger partial charge is 0.477 e. The molecule has 1 heterocycles. The van der Waals surface area contributed by atoms with Crippen LogP contribution in [-0.4, -0.2) is 41.2 Å². The van der Waals surface area contributed by atoms with E-state index in [9.17, 15) is 9.59 Å². The summed E-state index contributed by atoms with van der Waals surface area (Å²) in [6.07, 6.45) is 3.44. The molecule has 0 bridgehead atoms. The molecule has 118 valence electrons. The van der Waals surface area contributed by atoms with Crippen LogP contribution < -0.4 is 4.90 Å². The zero-order chi connectivity index (χ0) is 17.0. The number of hydrogen-bond donors (Lipinski definition) is 2. The molecule has 0 aliphatic heterocycles. The second-order valence-electron chi connectivity index (χ2n) is 5.10. The molecule has 0 radical (unpaired) electrons. The second kappa shape index (κ2) is 6.74. The van der Waals surface area contributed by atoms with Crippen LogP contribution in [0.3, 0.4) is 0 Å². The number of anilines is 1. The fourth-order valence-electron chi connectivity index (χ4n) is 1.94. The van der Waals surface area contributed by atoms with Crippen molar-refractivity contribution in [2.75, 3.05) is 19.0 Å². The van der Waals surface area contributed by atoms with Crippen LogP contribution in [0.25, 0.3) is 12.2 Å². The van der Waals surface area contributed by atoms with Crippen molar-refractivity contribution in [1.82, 2.24) is 4.98 Å². The highest BCUT2D eigenvalue weighted by molar-refractivity contribution is 5.91. The van der Waals surface area contributed by atoms with E-state index in [2.05, 4.69) is 4.98 Å². The van der Waals surface area contributed by atoms with Crippen LogP contribution in [-0.2, 0) is 0 Å². The number of aromatic nitrogens is 1. The Kier molecular flexibility index (Phi) is 4.75. The first-order chi connectivity index (χ1) is 10.9. The van der Waals surface area contributed by atoms with Crippen molar-refractivity contribution in [3.63, 3.8) is 0 Å². The summed E-state index contributed by atoms with van der Waals surface area (Å²) in [6.45, 7) is 0. The molecule has 23 heavy (non-hydrogen) atoms. The minimum absolute atomic E-state index is 0.299. The number of pyridine rings is 1. The average molecular weight is 312 g/mol. The molecule has 2 rings (SSSR count). The van der Waals surface area contributed by atoms with Gasteiger partial charge in [-0.05, 0) is 35.4 Å². The molecule has 0 atom stereocenters. The summed E-state index contributed by atoms with van der Waals surface area (Å²) in [5.41, 5.74) is 1.85. The first-order valence-corrected chi connectivity index (χ1v) is 6.81. The molecule has 0 fully saturated rings. The van der Waals surface area contributed by atoms with Crippen LogP contribution in [0.1, 0.15) is 32.1 Å². The average Bonchev–Trinajstić information content (AvgIpc) is 2.52. The molecule has 1 aromatic carbocycles. The van der Waals surface area contributed by atoms with Gasteiger partial charge in [-0.1, -0.05) is 24.3 Å². The van der Waals surface area contributed by atoms with Gasteiger partial charge in [0.25, 0.3) is 0 Å². The first kappa shape index (κ1) is 16.2. The number of carboxylic acid groups (broad SMARTS) is 2. The van der Waals surface area contributed by atoms with Crippen LogP contribution in [0.5, 0.6) is 0 Å². The van der Waals surface area contributed by atoms with Gasteiger partial charge >= 0.3 is 11.9 Å². The van der Waals surface area contributed by atoms with Crippen molar-refractivity contribution in [2.24, 2.45) is 0 Å². The van der Waals surface area contributed by atoms with Crippen molar-refractivity contribution in [3.8, 4) is 0 Å². The fourth-order valence-corrected chi connectivity index (χ4v) is 1.94. The minimum Gasteiger partial charge on any atom is -0.477 e. The summed E-state index contributed by atoms with van der Waals surface area (Å²) >= 11 is 0. The molecule has 0 spiro atoms. The topological polar surface area (TPSA) is 90.7 Å². The summed E-state index contributed by atoms with van der Waals surface area (Å²) in [7, 11) is 3.89. The Labute approximate surface area is 133 Å². The van der Waals surface area contributed by atoms with Crippen LogP contribution >= 0.6 is 0 Å². The highest BCUT2D eigenvalue weighted by Crippen LogP contribution is 2.15. The lowest BCUT2D eigenvalue weighted by atomic mass is 10.1. The summed E-state index contributed by atoms with van der Waals surface area (Å²) in [4.78, 5) is 27.6. The molecule has 0 aliphatic carbocycles. The first-order valence-electron chi connectivity index (χ1n) is 6.81. The molecule has 2 aromatic rings. The standard InChI is InChI=1S/C17H16N2O4/c1-19(2)13-7-5-11(6-8-13)3-4-12-9-14(16(20)21)18-15(10-12)17(22)23/h3-10H,1-2H3,(H,20,21)(H,22,23)/b4-3+. The Morgan fingerprint density at radius 1 is 0.913 bits per heavy atom. The van der Waals surface area contributed by atoms with E-state index in [4.69, 9.17) is 10.2 Å². The van der Waals surface area contributed by atoms with Gasteiger partial charge in [-0.15, -0.1) is 0 Å². The second-order valence-corrected chi connectivity index (χ2v) is 5.10. The predicted octanol–water partition coefficient (Wildman–Crippen LogP) is 2.71. The summed E-state index contributed by atoms with van der Waals surface area (Å²) in [5.74, 6) is -2.53. The van der Waals surface area contributed by atoms with Crippen molar-refractivity contribution in [2.45, 2.75) is 0 Å². The zero-order valence-electron chi connectivity index (χ0n) is 12.7. The fraction of sp³-hybridized carbons (Fsp3) is 0.118. The third kappa shape index (κ3) is 4.16. The molecule has 1 aromatic heterocycles. The van der Waals surface area contributed by atoms with Crippen LogP contribution in [0.4, 0.5) is 5.69 Å². The highest BCUT2D eigenvalue weighted by atomic mass is 16.4. The lowest BCUT2D eigenvalue weighted by Gasteiger charge is -2.11. The Bertz CT molecular complexity index is 732. The van der Waals surface area contributed by atoms with E-state index >= 15 is 0 Å². The predicted molar refractivity (Wildman–Crippen MR) is 87.9 cm³/mol. The summed E-state index contributed by atoms with van der Waals surface area (Å²) in [5, 5.41) is 18.0. The van der Waals surface area contributed by atoms with Gasteiger partial charge in [0.2, 0.25) is 0 Å². The number of carboxylic acids is 2. The van der Waals surface area contributed by atoms with Gasteiger partial charge in [-0.25, -0.2) is 14.6 Å². The smallest absolute Gasteiger partial charge is 0.354 e. The Morgan fingerprint density at radius 3 is 1.83 bits per heavy atom. The molecular weight excluding hydrogens is 296 g/mol. The molecule has 0 saturated heterocycles. The van der Waals surface area contributed by atoms with Gasteiger partial charge in [-0.2, -0.15) is 0 Å². The minimum atomic E-state index is -1.27. The molecule has 6 nitrogen and oxygen atoms in total. The number of rotatable bonds is 5. The van der Waals surface area contributed by atoms with Crippen LogP contribution in [0.2, 0.25) is 0 Å².